The Hall–Kier alpha value is -1.55. The normalized spacial score (nSPS) is 20.8. The van der Waals surface area contributed by atoms with Crippen LogP contribution in [0.2, 0.25) is 0 Å². The summed E-state index contributed by atoms with van der Waals surface area (Å²) in [7, 11) is 1.71. The smallest absolute Gasteiger partial charge is 0.222 e. The third-order valence-electron chi connectivity index (χ3n) is 5.54. The highest BCUT2D eigenvalue weighted by molar-refractivity contribution is 5.78. The van der Waals surface area contributed by atoms with E-state index in [0.717, 1.165) is 38.2 Å². The van der Waals surface area contributed by atoms with Crippen molar-refractivity contribution in [1.82, 2.24) is 10.2 Å². The second-order valence-electron chi connectivity index (χ2n) is 7.72. The van der Waals surface area contributed by atoms with E-state index in [2.05, 4.69) is 34.5 Å². The number of piperidine rings is 1. The number of amides is 1. The van der Waals surface area contributed by atoms with Crippen molar-refractivity contribution in [3.63, 3.8) is 0 Å². The van der Waals surface area contributed by atoms with Gasteiger partial charge in [-0.2, -0.15) is 0 Å². The molecular weight excluding hydrogens is 300 g/mol. The molecule has 0 spiro atoms. The van der Waals surface area contributed by atoms with Crippen molar-refractivity contribution < 1.29 is 9.53 Å². The fourth-order valence-electron chi connectivity index (χ4n) is 3.66. The monoisotopic (exact) mass is 330 g/mol. The van der Waals surface area contributed by atoms with Crippen LogP contribution in [0.3, 0.4) is 0 Å². The number of benzene rings is 1. The predicted molar refractivity (Wildman–Crippen MR) is 96.3 cm³/mol. The van der Waals surface area contributed by atoms with Crippen molar-refractivity contribution in [2.75, 3.05) is 26.7 Å². The molecule has 1 aromatic carbocycles. The number of nitrogens with one attached hydrogen (secondary N) is 1. The molecule has 1 amide bonds. The van der Waals surface area contributed by atoms with Gasteiger partial charge in [0.15, 0.2) is 0 Å². The number of methoxy groups -OCH3 is 1. The van der Waals surface area contributed by atoms with Crippen LogP contribution in [-0.4, -0.2) is 43.6 Å². The lowest BCUT2D eigenvalue weighted by atomic mass is 9.93. The molecule has 1 N–H and O–H groups in total. The molecule has 1 aliphatic heterocycles. The van der Waals surface area contributed by atoms with Gasteiger partial charge in [-0.15, -0.1) is 0 Å². The fourth-order valence-corrected chi connectivity index (χ4v) is 3.66. The summed E-state index contributed by atoms with van der Waals surface area (Å²) in [6.07, 6.45) is 4.70. The summed E-state index contributed by atoms with van der Waals surface area (Å²) < 4.78 is 5.27. The van der Waals surface area contributed by atoms with Gasteiger partial charge in [-0.1, -0.05) is 26.0 Å². The molecule has 1 aromatic rings. The van der Waals surface area contributed by atoms with E-state index in [0.29, 0.717) is 11.5 Å². The Balaban J connectivity index is 1.51. The van der Waals surface area contributed by atoms with Crippen molar-refractivity contribution >= 4 is 5.91 Å². The molecule has 0 atom stereocenters. The molecule has 24 heavy (non-hydrogen) atoms. The lowest BCUT2D eigenvalue weighted by molar-refractivity contribution is -0.125. The number of carbonyl (C=O) groups is 1. The van der Waals surface area contributed by atoms with E-state index >= 15 is 0 Å². The summed E-state index contributed by atoms with van der Waals surface area (Å²) >= 11 is 0. The molecular formula is C20H30N2O2. The molecule has 1 saturated carbocycles. The van der Waals surface area contributed by atoms with Crippen molar-refractivity contribution in [3.05, 3.63) is 29.8 Å². The molecule has 0 aromatic heterocycles. The van der Waals surface area contributed by atoms with Crippen LogP contribution < -0.4 is 10.1 Å². The minimum absolute atomic E-state index is 0.0767. The molecule has 1 heterocycles. The van der Waals surface area contributed by atoms with Gasteiger partial charge in [0.25, 0.3) is 0 Å². The van der Waals surface area contributed by atoms with Crippen molar-refractivity contribution in [1.29, 1.82) is 0 Å². The van der Waals surface area contributed by atoms with E-state index in [1.54, 1.807) is 7.11 Å². The second-order valence-corrected chi connectivity index (χ2v) is 7.72. The van der Waals surface area contributed by atoms with Crippen LogP contribution in [0.5, 0.6) is 5.75 Å². The van der Waals surface area contributed by atoms with Crippen LogP contribution in [0.4, 0.5) is 0 Å². The number of hydrogen-bond acceptors (Lipinski definition) is 3. The predicted octanol–water partition coefficient (Wildman–Crippen LogP) is 2.96. The number of carbonyl (C=O) groups excluding carboxylic acids is 1. The first-order valence-electron chi connectivity index (χ1n) is 9.20. The summed E-state index contributed by atoms with van der Waals surface area (Å²) in [4.78, 5) is 14.4. The Morgan fingerprint density at radius 3 is 2.38 bits per heavy atom. The molecule has 0 radical (unpaired) electrons. The van der Waals surface area contributed by atoms with Gasteiger partial charge < -0.3 is 15.0 Å². The molecule has 4 nitrogen and oxygen atoms in total. The largest absolute Gasteiger partial charge is 0.497 e. The summed E-state index contributed by atoms with van der Waals surface area (Å²) in [6.45, 7) is 7.22. The zero-order valence-electron chi connectivity index (χ0n) is 15.2. The Bertz CT molecular complexity index is 556. The average molecular weight is 330 g/mol. The average Bonchev–Trinajstić information content (AvgIpc) is 3.37. The highest BCUT2D eigenvalue weighted by Crippen LogP contribution is 2.49. The van der Waals surface area contributed by atoms with Crippen LogP contribution in [0.1, 0.15) is 45.1 Å². The van der Waals surface area contributed by atoms with E-state index in [1.165, 1.54) is 18.4 Å². The molecule has 132 valence electrons. The Kier molecular flexibility index (Phi) is 5.14. The summed E-state index contributed by atoms with van der Waals surface area (Å²) in [5.74, 6) is 1.19. The standard InChI is InChI=1S/C20H30N2O2/c1-15(2)19(23)21-17-8-12-22(13-9-17)14-20(10-11-20)16-4-6-18(24-3)7-5-16/h4-7,15,17H,8-14H2,1-3H3,(H,21,23). The number of ether oxygens (including phenoxy) is 1. The van der Waals surface area contributed by atoms with Gasteiger partial charge in [-0.05, 0) is 43.4 Å². The van der Waals surface area contributed by atoms with E-state index in [4.69, 9.17) is 4.74 Å². The molecule has 1 saturated heterocycles. The van der Waals surface area contributed by atoms with Crippen LogP contribution >= 0.6 is 0 Å². The van der Waals surface area contributed by atoms with E-state index in [1.807, 2.05) is 13.8 Å². The highest BCUT2D eigenvalue weighted by Gasteiger charge is 2.45. The second kappa shape index (κ2) is 7.14. The van der Waals surface area contributed by atoms with E-state index in [9.17, 15) is 4.79 Å². The first-order chi connectivity index (χ1) is 11.5. The van der Waals surface area contributed by atoms with Gasteiger partial charge >= 0.3 is 0 Å². The third kappa shape index (κ3) is 3.92. The first kappa shape index (κ1) is 17.3. The maximum atomic E-state index is 11.8. The van der Waals surface area contributed by atoms with Crippen LogP contribution in [-0.2, 0) is 10.2 Å². The van der Waals surface area contributed by atoms with Crippen molar-refractivity contribution in [2.45, 2.75) is 51.0 Å². The van der Waals surface area contributed by atoms with Gasteiger partial charge in [0.05, 0.1) is 7.11 Å². The van der Waals surface area contributed by atoms with Crippen molar-refractivity contribution in [2.24, 2.45) is 5.92 Å². The number of hydrogen-bond donors (Lipinski definition) is 1. The van der Waals surface area contributed by atoms with Gasteiger partial charge in [-0.3, -0.25) is 4.79 Å². The van der Waals surface area contributed by atoms with Crippen LogP contribution in [0.25, 0.3) is 0 Å². The number of nitrogens with zero attached hydrogens (tertiary/aromatic N) is 1. The zero-order valence-corrected chi connectivity index (χ0v) is 15.2. The molecule has 3 rings (SSSR count). The van der Waals surface area contributed by atoms with Gasteiger partial charge in [0.1, 0.15) is 5.75 Å². The Morgan fingerprint density at radius 2 is 1.88 bits per heavy atom. The maximum absolute atomic E-state index is 11.8. The van der Waals surface area contributed by atoms with Crippen molar-refractivity contribution in [3.8, 4) is 5.75 Å². The fraction of sp³-hybridized carbons (Fsp3) is 0.650. The lowest BCUT2D eigenvalue weighted by Gasteiger charge is -2.35. The first-order valence-corrected chi connectivity index (χ1v) is 9.20. The molecule has 1 aliphatic carbocycles. The lowest BCUT2D eigenvalue weighted by Crippen LogP contribution is -2.47. The molecule has 4 heteroatoms. The van der Waals surface area contributed by atoms with E-state index in [-0.39, 0.29) is 11.8 Å². The zero-order chi connectivity index (χ0) is 17.2. The minimum Gasteiger partial charge on any atom is -0.497 e. The van der Waals surface area contributed by atoms with Crippen LogP contribution in [0, 0.1) is 5.92 Å². The number of likely N-dealkylation sites (tertiary alicyclic amines) is 1. The van der Waals surface area contributed by atoms with Crippen LogP contribution in [0.15, 0.2) is 24.3 Å². The molecule has 0 unspecified atom stereocenters. The quantitative estimate of drug-likeness (QED) is 0.872. The Morgan fingerprint density at radius 1 is 1.25 bits per heavy atom. The summed E-state index contributed by atoms with van der Waals surface area (Å²) in [5.41, 5.74) is 1.79. The molecule has 0 bridgehead atoms. The topological polar surface area (TPSA) is 41.6 Å². The van der Waals surface area contributed by atoms with Gasteiger partial charge in [0, 0.05) is 37.0 Å². The number of rotatable bonds is 6. The van der Waals surface area contributed by atoms with Gasteiger partial charge in [-0.25, -0.2) is 0 Å². The summed E-state index contributed by atoms with van der Waals surface area (Å²) in [6, 6.07) is 8.95. The highest BCUT2D eigenvalue weighted by atomic mass is 16.5. The van der Waals surface area contributed by atoms with Gasteiger partial charge in [0.2, 0.25) is 5.91 Å². The third-order valence-corrected chi connectivity index (χ3v) is 5.54. The minimum atomic E-state index is 0.0767. The summed E-state index contributed by atoms with van der Waals surface area (Å²) in [5, 5.41) is 3.18. The molecule has 2 aliphatic rings. The SMILES string of the molecule is COc1ccc(C2(CN3CCC(NC(=O)C(C)C)CC3)CC2)cc1. The maximum Gasteiger partial charge on any atom is 0.222 e. The molecule has 2 fully saturated rings. The Labute approximate surface area is 145 Å². The van der Waals surface area contributed by atoms with E-state index < -0.39 is 0 Å².